The smallest absolute Gasteiger partial charge is 0.132 e. The molecule has 8 aromatic carbocycles. The van der Waals surface area contributed by atoms with E-state index in [9.17, 15) is 0 Å². The van der Waals surface area contributed by atoms with E-state index in [1.807, 2.05) is 0 Å². The maximum Gasteiger partial charge on any atom is 0.132 e. The highest BCUT2D eigenvalue weighted by Gasteiger charge is 2.51. The van der Waals surface area contributed by atoms with Gasteiger partial charge in [0.2, 0.25) is 0 Å². The zero-order valence-electron chi connectivity index (χ0n) is 27.9. The third-order valence-corrected chi connectivity index (χ3v) is 11.6. The minimum absolute atomic E-state index is 0.447. The number of rotatable bonds is 3. The Balaban J connectivity index is 1.19. The fourth-order valence-corrected chi connectivity index (χ4v) is 9.66. The van der Waals surface area contributed by atoms with Gasteiger partial charge in [-0.3, -0.25) is 0 Å². The molecule has 0 fully saturated rings. The topological polar surface area (TPSA) is 9.23 Å². The lowest BCUT2D eigenvalue weighted by atomic mass is 9.65. The van der Waals surface area contributed by atoms with Crippen molar-refractivity contribution >= 4 is 0 Å². The first-order valence-electron chi connectivity index (χ1n) is 17.8. The van der Waals surface area contributed by atoms with Crippen LogP contribution in [0.4, 0.5) is 0 Å². The van der Waals surface area contributed by atoms with Gasteiger partial charge in [0.05, 0.1) is 10.8 Å². The van der Waals surface area contributed by atoms with Crippen LogP contribution in [0.25, 0.3) is 33.4 Å². The molecule has 238 valence electrons. The molecule has 0 radical (unpaired) electrons. The summed E-state index contributed by atoms with van der Waals surface area (Å²) in [5, 5.41) is 0. The van der Waals surface area contributed by atoms with Crippen molar-refractivity contribution in [2.45, 2.75) is 10.8 Å². The van der Waals surface area contributed by atoms with Gasteiger partial charge in [-0.05, 0) is 91.0 Å². The molecule has 8 aromatic rings. The van der Waals surface area contributed by atoms with E-state index in [1.54, 1.807) is 0 Å². The maximum absolute atomic E-state index is 6.60. The van der Waals surface area contributed by atoms with Gasteiger partial charge in [-0.2, -0.15) is 0 Å². The minimum atomic E-state index is -0.502. The lowest BCUT2D eigenvalue weighted by Crippen LogP contribution is -2.32. The van der Waals surface area contributed by atoms with Crippen molar-refractivity contribution in [1.82, 2.24) is 0 Å². The van der Waals surface area contributed by atoms with E-state index in [2.05, 4.69) is 194 Å². The summed E-state index contributed by atoms with van der Waals surface area (Å²) in [5.41, 5.74) is 16.8. The summed E-state index contributed by atoms with van der Waals surface area (Å²) in [6.45, 7) is 0. The van der Waals surface area contributed by atoms with Gasteiger partial charge < -0.3 is 4.74 Å². The van der Waals surface area contributed by atoms with Crippen LogP contribution >= 0.6 is 0 Å². The Kier molecular flexibility index (Phi) is 5.86. The molecule has 0 amide bonds. The summed E-state index contributed by atoms with van der Waals surface area (Å²) >= 11 is 0. The number of ether oxygens (including phenoxy) is 1. The van der Waals surface area contributed by atoms with Crippen LogP contribution in [0.15, 0.2) is 194 Å². The summed E-state index contributed by atoms with van der Waals surface area (Å²) in [6, 6.07) is 71.5. The second-order valence-electron chi connectivity index (χ2n) is 13.9. The molecular weight excluding hydrogens is 617 g/mol. The maximum atomic E-state index is 6.60. The molecule has 0 saturated carbocycles. The van der Waals surface area contributed by atoms with Gasteiger partial charge in [-0.1, -0.05) is 170 Å². The molecule has 0 bridgehead atoms. The van der Waals surface area contributed by atoms with Crippen LogP contribution < -0.4 is 4.74 Å². The SMILES string of the molecule is c1ccc(C2(c3ccccc3)c3ccccc3-c3ccc(-c4ccc5c(c4)C4(c6ccccc6Oc6ccccc64)c4ccccc4-5)cc32)cc1. The third-order valence-electron chi connectivity index (χ3n) is 11.6. The molecule has 2 aliphatic carbocycles. The van der Waals surface area contributed by atoms with Crippen LogP contribution in [0.3, 0.4) is 0 Å². The molecule has 0 atom stereocenters. The van der Waals surface area contributed by atoms with E-state index in [0.717, 1.165) is 11.5 Å². The highest BCUT2D eigenvalue weighted by atomic mass is 16.5. The molecule has 0 N–H and O–H groups in total. The average molecular weight is 649 g/mol. The predicted octanol–water partition coefficient (Wildman–Crippen LogP) is 12.2. The van der Waals surface area contributed by atoms with Gasteiger partial charge >= 0.3 is 0 Å². The van der Waals surface area contributed by atoms with Gasteiger partial charge in [-0.15, -0.1) is 0 Å². The van der Waals surface area contributed by atoms with Crippen LogP contribution in [-0.4, -0.2) is 0 Å². The molecular formula is C50H32O. The number of benzene rings is 8. The molecule has 1 heterocycles. The second kappa shape index (κ2) is 10.5. The Bertz CT molecular complexity index is 2580. The zero-order valence-corrected chi connectivity index (χ0v) is 27.9. The first kappa shape index (κ1) is 28.4. The van der Waals surface area contributed by atoms with E-state index in [1.165, 1.54) is 77.9 Å². The quantitative estimate of drug-likeness (QED) is 0.185. The van der Waals surface area contributed by atoms with Gasteiger partial charge in [0.25, 0.3) is 0 Å². The van der Waals surface area contributed by atoms with Crippen LogP contribution in [0.2, 0.25) is 0 Å². The molecule has 0 unspecified atom stereocenters. The predicted molar refractivity (Wildman–Crippen MR) is 207 cm³/mol. The molecule has 3 aliphatic rings. The van der Waals surface area contributed by atoms with E-state index < -0.39 is 10.8 Å². The van der Waals surface area contributed by atoms with Gasteiger partial charge in [0.15, 0.2) is 0 Å². The Morgan fingerprint density at radius 3 is 1.16 bits per heavy atom. The molecule has 1 nitrogen and oxygen atoms in total. The van der Waals surface area contributed by atoms with Crippen molar-refractivity contribution in [2.75, 3.05) is 0 Å². The largest absolute Gasteiger partial charge is 0.457 e. The van der Waals surface area contributed by atoms with Crippen molar-refractivity contribution in [3.63, 3.8) is 0 Å². The fourth-order valence-electron chi connectivity index (χ4n) is 9.66. The normalized spacial score (nSPS) is 14.7. The first-order chi connectivity index (χ1) is 25.3. The van der Waals surface area contributed by atoms with E-state index >= 15 is 0 Å². The standard InChI is InChI=1S/C50H32O/c1-3-15-35(16-4-1)49(36-17-5-2-6-18-36)41-21-9-7-19-37(41)39-29-27-33(31-45(39)49)34-28-30-40-38-20-8-10-22-42(38)50(46(40)32-34)43-23-11-13-25-47(43)51-48-26-14-12-24-44(48)50/h1-32H. The Hall–Kier alpha value is -6.44. The molecule has 1 spiro atoms. The molecule has 1 aliphatic heterocycles. The van der Waals surface area contributed by atoms with Crippen molar-refractivity contribution < 1.29 is 4.74 Å². The lowest BCUT2D eigenvalue weighted by molar-refractivity contribution is 0.436. The summed E-state index contributed by atoms with van der Waals surface area (Å²) in [7, 11) is 0. The summed E-state index contributed by atoms with van der Waals surface area (Å²) in [4.78, 5) is 0. The van der Waals surface area contributed by atoms with Crippen molar-refractivity contribution in [2.24, 2.45) is 0 Å². The minimum Gasteiger partial charge on any atom is -0.457 e. The first-order valence-corrected chi connectivity index (χ1v) is 17.8. The zero-order chi connectivity index (χ0) is 33.6. The third kappa shape index (κ3) is 3.65. The van der Waals surface area contributed by atoms with Crippen molar-refractivity contribution in [3.8, 4) is 44.9 Å². The highest BCUT2D eigenvalue weighted by molar-refractivity contribution is 5.92. The molecule has 0 saturated heterocycles. The second-order valence-corrected chi connectivity index (χ2v) is 13.9. The van der Waals surface area contributed by atoms with E-state index in [0.29, 0.717) is 0 Å². The summed E-state index contributed by atoms with van der Waals surface area (Å²) in [6.07, 6.45) is 0. The molecule has 1 heteroatoms. The van der Waals surface area contributed by atoms with Crippen molar-refractivity contribution in [1.29, 1.82) is 0 Å². The molecule has 11 rings (SSSR count). The fraction of sp³-hybridized carbons (Fsp3) is 0.0400. The average Bonchev–Trinajstić information content (AvgIpc) is 3.67. The lowest BCUT2D eigenvalue weighted by Gasteiger charge is -2.39. The van der Waals surface area contributed by atoms with E-state index in [-0.39, 0.29) is 0 Å². The number of hydrogen-bond acceptors (Lipinski definition) is 1. The van der Waals surface area contributed by atoms with Crippen LogP contribution in [-0.2, 0) is 10.8 Å². The number of fused-ring (bicyclic) bond motifs is 12. The Labute approximate surface area is 298 Å². The van der Waals surface area contributed by atoms with Gasteiger partial charge in [-0.25, -0.2) is 0 Å². The van der Waals surface area contributed by atoms with Crippen LogP contribution in [0.1, 0.15) is 44.5 Å². The Morgan fingerprint density at radius 1 is 0.275 bits per heavy atom. The monoisotopic (exact) mass is 648 g/mol. The van der Waals surface area contributed by atoms with E-state index in [4.69, 9.17) is 4.74 Å². The molecule has 51 heavy (non-hydrogen) atoms. The van der Waals surface area contributed by atoms with Crippen LogP contribution in [0, 0.1) is 0 Å². The van der Waals surface area contributed by atoms with Gasteiger partial charge in [0, 0.05) is 11.1 Å². The highest BCUT2D eigenvalue weighted by Crippen LogP contribution is 2.63. The number of para-hydroxylation sites is 2. The van der Waals surface area contributed by atoms with Crippen molar-refractivity contribution in [3.05, 3.63) is 239 Å². The van der Waals surface area contributed by atoms with Gasteiger partial charge in [0.1, 0.15) is 11.5 Å². The van der Waals surface area contributed by atoms with Crippen LogP contribution in [0.5, 0.6) is 11.5 Å². The Morgan fingerprint density at radius 2 is 0.647 bits per heavy atom. The molecule has 0 aromatic heterocycles. The number of hydrogen-bond donors (Lipinski definition) is 0. The summed E-state index contributed by atoms with van der Waals surface area (Å²) in [5.74, 6) is 1.82. The summed E-state index contributed by atoms with van der Waals surface area (Å²) < 4.78 is 6.60.